The average molecular weight is 138 g/mol. The van der Waals surface area contributed by atoms with Crippen molar-refractivity contribution >= 4 is 11.8 Å². The maximum atomic E-state index is 10.9. The second kappa shape index (κ2) is 1.46. The van der Waals surface area contributed by atoms with Gasteiger partial charge in [-0.2, -0.15) is 0 Å². The number of carbonyl (C=O) groups is 2. The third-order valence-corrected chi connectivity index (χ3v) is 1.94. The van der Waals surface area contributed by atoms with Crippen LogP contribution < -0.4 is 5.84 Å². The Kier molecular flexibility index (Phi) is 0.820. The molecule has 0 aromatic rings. The van der Waals surface area contributed by atoms with Crippen molar-refractivity contribution in [2.24, 2.45) is 5.84 Å². The molecule has 2 amide bonds. The predicted octanol–water partition coefficient (Wildman–Crippen LogP) is -0.681. The summed E-state index contributed by atoms with van der Waals surface area (Å²) in [4.78, 5) is 21.8. The summed E-state index contributed by atoms with van der Waals surface area (Å²) in [6.45, 7) is 0. The minimum absolute atomic E-state index is 0.314. The number of rotatable bonds is 0. The van der Waals surface area contributed by atoms with Gasteiger partial charge >= 0.3 is 0 Å². The van der Waals surface area contributed by atoms with E-state index < -0.39 is 0 Å². The molecule has 10 heavy (non-hydrogen) atoms. The molecule has 1 aliphatic heterocycles. The molecule has 1 aliphatic carbocycles. The molecule has 0 bridgehead atoms. The lowest BCUT2D eigenvalue weighted by molar-refractivity contribution is -0.137. The second-order valence-corrected chi connectivity index (χ2v) is 2.44. The number of carbonyl (C=O) groups excluding carboxylic acids is 2. The van der Waals surface area contributed by atoms with Gasteiger partial charge in [-0.3, -0.25) is 9.59 Å². The van der Waals surface area contributed by atoms with Crippen molar-refractivity contribution in [1.29, 1.82) is 0 Å². The topological polar surface area (TPSA) is 63.4 Å². The van der Waals surface area contributed by atoms with E-state index in [4.69, 9.17) is 5.84 Å². The van der Waals surface area contributed by atoms with Crippen molar-refractivity contribution in [2.45, 2.75) is 12.8 Å². The molecular formula is C6H6N2O2. The molecule has 1 heterocycles. The number of hydrogen-bond donors (Lipinski definition) is 1. The number of imide groups is 1. The summed E-state index contributed by atoms with van der Waals surface area (Å²) < 4.78 is 0. The summed E-state index contributed by atoms with van der Waals surface area (Å²) >= 11 is 0. The van der Waals surface area contributed by atoms with E-state index in [2.05, 4.69) is 0 Å². The van der Waals surface area contributed by atoms with Gasteiger partial charge in [-0.05, 0) is 12.8 Å². The van der Waals surface area contributed by atoms with Crippen molar-refractivity contribution in [3.05, 3.63) is 11.1 Å². The first-order valence-corrected chi connectivity index (χ1v) is 3.07. The fraction of sp³-hybridized carbons (Fsp3) is 0.333. The van der Waals surface area contributed by atoms with Gasteiger partial charge in [-0.1, -0.05) is 0 Å². The van der Waals surface area contributed by atoms with Crippen LogP contribution in [0.15, 0.2) is 11.1 Å². The Balaban J connectivity index is 2.47. The van der Waals surface area contributed by atoms with E-state index in [0.717, 1.165) is 0 Å². The fourth-order valence-electron chi connectivity index (χ4n) is 1.23. The van der Waals surface area contributed by atoms with Gasteiger partial charge in [0.2, 0.25) is 0 Å². The molecule has 0 aromatic carbocycles. The summed E-state index contributed by atoms with van der Waals surface area (Å²) in [5.41, 5.74) is 1.24. The van der Waals surface area contributed by atoms with Crippen molar-refractivity contribution in [2.75, 3.05) is 0 Å². The molecule has 2 rings (SSSR count). The number of nitrogens with two attached hydrogens (primary N) is 1. The van der Waals surface area contributed by atoms with Gasteiger partial charge in [0, 0.05) is 11.1 Å². The Morgan fingerprint density at radius 2 is 1.50 bits per heavy atom. The van der Waals surface area contributed by atoms with Crippen LogP contribution in [-0.2, 0) is 9.59 Å². The molecule has 0 unspecified atom stereocenters. The lowest BCUT2D eigenvalue weighted by Gasteiger charge is -2.09. The zero-order chi connectivity index (χ0) is 7.30. The summed E-state index contributed by atoms with van der Waals surface area (Å²) in [5.74, 6) is 4.51. The van der Waals surface area contributed by atoms with Crippen LogP contribution in [0.1, 0.15) is 12.8 Å². The first-order chi connectivity index (χ1) is 4.72. The van der Waals surface area contributed by atoms with Gasteiger partial charge in [-0.15, -0.1) is 0 Å². The van der Waals surface area contributed by atoms with E-state index in [1.165, 1.54) is 0 Å². The Morgan fingerprint density at radius 1 is 1.10 bits per heavy atom. The minimum atomic E-state index is -0.314. The maximum Gasteiger partial charge on any atom is 0.271 e. The Labute approximate surface area is 57.3 Å². The molecule has 0 saturated heterocycles. The van der Waals surface area contributed by atoms with E-state index in [-0.39, 0.29) is 11.8 Å². The van der Waals surface area contributed by atoms with Gasteiger partial charge in [-0.25, -0.2) is 10.9 Å². The molecule has 0 aromatic heterocycles. The third kappa shape index (κ3) is 0.410. The zero-order valence-corrected chi connectivity index (χ0v) is 5.26. The second-order valence-electron chi connectivity index (χ2n) is 2.44. The predicted molar refractivity (Wildman–Crippen MR) is 32.3 cm³/mol. The van der Waals surface area contributed by atoms with E-state index in [1.54, 1.807) is 0 Å². The van der Waals surface area contributed by atoms with Crippen LogP contribution in [0.3, 0.4) is 0 Å². The highest BCUT2D eigenvalue weighted by Gasteiger charge is 2.40. The molecular weight excluding hydrogens is 132 g/mol. The van der Waals surface area contributed by atoms with Crippen LogP contribution in [0.2, 0.25) is 0 Å². The van der Waals surface area contributed by atoms with E-state index in [0.29, 0.717) is 29.0 Å². The molecule has 4 nitrogen and oxygen atoms in total. The fourth-order valence-corrected chi connectivity index (χ4v) is 1.23. The van der Waals surface area contributed by atoms with Crippen LogP contribution in [0.25, 0.3) is 0 Å². The number of hydrogen-bond acceptors (Lipinski definition) is 3. The molecule has 0 atom stereocenters. The van der Waals surface area contributed by atoms with Crippen molar-refractivity contribution in [3.63, 3.8) is 0 Å². The van der Waals surface area contributed by atoms with Gasteiger partial charge in [0.15, 0.2) is 0 Å². The molecule has 0 spiro atoms. The summed E-state index contributed by atoms with van der Waals surface area (Å²) in [6.07, 6.45) is 1.43. The molecule has 0 fully saturated rings. The number of amides is 2. The SMILES string of the molecule is NN1C(=O)C2=C(CC2)C1=O. The van der Waals surface area contributed by atoms with Crippen molar-refractivity contribution in [3.8, 4) is 0 Å². The monoisotopic (exact) mass is 138 g/mol. The largest absolute Gasteiger partial charge is 0.271 e. The highest BCUT2D eigenvalue weighted by molar-refractivity contribution is 6.20. The molecule has 2 aliphatic rings. The van der Waals surface area contributed by atoms with Crippen molar-refractivity contribution < 1.29 is 9.59 Å². The Hall–Kier alpha value is -1.16. The summed E-state index contributed by atoms with van der Waals surface area (Å²) in [5, 5.41) is 0.692. The normalized spacial score (nSPS) is 23.5. The molecule has 0 radical (unpaired) electrons. The molecule has 2 N–H and O–H groups in total. The maximum absolute atomic E-state index is 10.9. The minimum Gasteiger partial charge on any atom is -0.267 e. The van der Waals surface area contributed by atoms with Crippen molar-refractivity contribution in [1.82, 2.24) is 5.01 Å². The number of hydrazine groups is 1. The van der Waals surface area contributed by atoms with Gasteiger partial charge < -0.3 is 0 Å². The van der Waals surface area contributed by atoms with Gasteiger partial charge in [0.25, 0.3) is 11.8 Å². The lowest BCUT2D eigenvalue weighted by Crippen LogP contribution is -2.37. The van der Waals surface area contributed by atoms with E-state index in [9.17, 15) is 9.59 Å². The smallest absolute Gasteiger partial charge is 0.267 e. The zero-order valence-electron chi connectivity index (χ0n) is 5.26. The first kappa shape index (κ1) is 5.61. The Morgan fingerprint density at radius 3 is 1.70 bits per heavy atom. The van der Waals surface area contributed by atoms with Crippen LogP contribution in [0, 0.1) is 0 Å². The highest BCUT2D eigenvalue weighted by atomic mass is 16.2. The van der Waals surface area contributed by atoms with E-state index in [1.807, 2.05) is 0 Å². The first-order valence-electron chi connectivity index (χ1n) is 3.07. The highest BCUT2D eigenvalue weighted by Crippen LogP contribution is 2.34. The van der Waals surface area contributed by atoms with Gasteiger partial charge in [0.05, 0.1) is 0 Å². The molecule has 0 saturated carbocycles. The summed E-state index contributed by atoms with van der Waals surface area (Å²) in [6, 6.07) is 0. The third-order valence-electron chi connectivity index (χ3n) is 1.94. The van der Waals surface area contributed by atoms with Crippen LogP contribution in [0.5, 0.6) is 0 Å². The van der Waals surface area contributed by atoms with Crippen LogP contribution >= 0.6 is 0 Å². The quantitative estimate of drug-likeness (QED) is 0.274. The lowest BCUT2D eigenvalue weighted by atomic mass is 9.91. The van der Waals surface area contributed by atoms with Crippen LogP contribution in [-0.4, -0.2) is 16.8 Å². The average Bonchev–Trinajstić information content (AvgIpc) is 1.92. The van der Waals surface area contributed by atoms with Gasteiger partial charge in [0.1, 0.15) is 0 Å². The van der Waals surface area contributed by atoms with Crippen LogP contribution in [0.4, 0.5) is 0 Å². The standard InChI is InChI=1S/C6H6N2O2/c7-8-5(9)3-1-2-4(3)6(8)10/h1-2,7H2. The van der Waals surface area contributed by atoms with E-state index >= 15 is 0 Å². The molecule has 4 heteroatoms. The number of nitrogens with zero attached hydrogens (tertiary/aromatic N) is 1. The molecule has 52 valence electrons. The summed E-state index contributed by atoms with van der Waals surface area (Å²) in [7, 11) is 0. The Bertz CT molecular complexity index is 241.